The number of aliphatic hydroxyl groups is 1. The molecule has 432 valence electrons. The minimum Gasteiger partial charge on any atom is -0.391 e. The van der Waals surface area contributed by atoms with Crippen molar-refractivity contribution in [2.75, 3.05) is 40.9 Å². The third kappa shape index (κ3) is 58.2. The van der Waals surface area contributed by atoms with Crippen molar-refractivity contribution >= 4 is 13.7 Å². The molecule has 0 heterocycles. The topological polar surface area (TPSA) is 105 Å². The number of likely N-dealkylation sites (N-methyl/N-ethyl adjacent to an activating group) is 1. The molecule has 0 saturated heterocycles. The molecule has 0 aliphatic heterocycles. The number of carbonyl (C=O) groups is 1. The number of allylic oxidation sites excluding steroid dienone is 6. The van der Waals surface area contributed by atoms with Crippen LogP contribution in [0.5, 0.6) is 0 Å². The second-order valence-corrected chi connectivity index (χ2v) is 24.6. The van der Waals surface area contributed by atoms with E-state index in [1.165, 1.54) is 238 Å². The van der Waals surface area contributed by atoms with Crippen LogP contribution in [0, 0.1) is 0 Å². The molecule has 0 rings (SSSR count). The van der Waals surface area contributed by atoms with Crippen molar-refractivity contribution in [2.45, 2.75) is 328 Å². The first-order valence-corrected chi connectivity index (χ1v) is 33.3. The van der Waals surface area contributed by atoms with Crippen LogP contribution >= 0.6 is 7.82 Å². The zero-order valence-corrected chi connectivity index (χ0v) is 50.3. The van der Waals surface area contributed by atoms with Gasteiger partial charge in [-0.25, -0.2) is 4.57 Å². The van der Waals surface area contributed by atoms with Crippen LogP contribution < -0.4 is 5.32 Å². The molecule has 0 aromatic heterocycles. The SMILES string of the molecule is CCCCCCC/C=C\C/C=C\C/C=C\CCCCCCCCCCCCCCCCCCCCCCCCCCC(=O)NC(COP(=O)(O)OCC[N+](C)(C)C)C(O)CCCCCCCCCCCCCC. The van der Waals surface area contributed by atoms with Gasteiger partial charge in [0, 0.05) is 6.42 Å². The first kappa shape index (κ1) is 71.7. The Morgan fingerprint density at radius 1 is 0.466 bits per heavy atom. The Bertz CT molecular complexity index is 1280. The maximum atomic E-state index is 13.0. The summed E-state index contributed by atoms with van der Waals surface area (Å²) in [5.41, 5.74) is 0. The van der Waals surface area contributed by atoms with Gasteiger partial charge in [0.25, 0.3) is 0 Å². The maximum absolute atomic E-state index is 13.0. The van der Waals surface area contributed by atoms with E-state index in [9.17, 15) is 19.4 Å². The summed E-state index contributed by atoms with van der Waals surface area (Å²) in [6.07, 6.45) is 72.4. The minimum atomic E-state index is -4.32. The molecule has 3 atom stereocenters. The van der Waals surface area contributed by atoms with Gasteiger partial charge in [-0.15, -0.1) is 0 Å². The van der Waals surface area contributed by atoms with Crippen molar-refractivity contribution in [1.29, 1.82) is 0 Å². The number of unbranched alkanes of at least 4 members (excludes halogenated alkanes) is 40. The van der Waals surface area contributed by atoms with E-state index >= 15 is 0 Å². The molecule has 9 heteroatoms. The molecule has 0 saturated carbocycles. The van der Waals surface area contributed by atoms with Gasteiger partial charge in [-0.05, 0) is 51.4 Å². The number of phosphoric acid groups is 1. The normalized spacial score (nSPS) is 14.0. The third-order valence-corrected chi connectivity index (χ3v) is 15.6. The summed E-state index contributed by atoms with van der Waals surface area (Å²) in [5.74, 6) is -0.140. The summed E-state index contributed by atoms with van der Waals surface area (Å²) < 4.78 is 23.7. The summed E-state index contributed by atoms with van der Waals surface area (Å²) in [7, 11) is 1.63. The molecule has 0 aromatic carbocycles. The van der Waals surface area contributed by atoms with E-state index in [-0.39, 0.29) is 19.1 Å². The van der Waals surface area contributed by atoms with Crippen LogP contribution in [0.1, 0.15) is 316 Å². The van der Waals surface area contributed by atoms with Crippen molar-refractivity contribution in [2.24, 2.45) is 0 Å². The fraction of sp³-hybridized carbons (Fsp3) is 0.891. The first-order valence-electron chi connectivity index (χ1n) is 31.9. The van der Waals surface area contributed by atoms with Crippen molar-refractivity contribution in [3.05, 3.63) is 36.5 Å². The molecule has 0 bridgehead atoms. The number of aliphatic hydroxyl groups excluding tert-OH is 1. The highest BCUT2D eigenvalue weighted by molar-refractivity contribution is 7.47. The Morgan fingerprint density at radius 3 is 1.14 bits per heavy atom. The zero-order chi connectivity index (χ0) is 53.5. The van der Waals surface area contributed by atoms with E-state index in [2.05, 4.69) is 55.6 Å². The number of quaternary nitrogens is 1. The summed E-state index contributed by atoms with van der Waals surface area (Å²) >= 11 is 0. The van der Waals surface area contributed by atoms with Crippen LogP contribution in [0.15, 0.2) is 36.5 Å². The van der Waals surface area contributed by atoms with E-state index in [0.29, 0.717) is 23.9 Å². The highest BCUT2D eigenvalue weighted by Crippen LogP contribution is 2.43. The molecule has 0 aliphatic rings. The Balaban J connectivity index is 3.84. The van der Waals surface area contributed by atoms with Crippen molar-refractivity contribution in [3.63, 3.8) is 0 Å². The van der Waals surface area contributed by atoms with Gasteiger partial charge in [-0.2, -0.15) is 0 Å². The van der Waals surface area contributed by atoms with Crippen molar-refractivity contribution in [3.8, 4) is 0 Å². The fourth-order valence-corrected chi connectivity index (χ4v) is 10.4. The molecule has 73 heavy (non-hydrogen) atoms. The average Bonchev–Trinajstić information content (AvgIpc) is 3.35. The highest BCUT2D eigenvalue weighted by atomic mass is 31.2. The van der Waals surface area contributed by atoms with Crippen molar-refractivity contribution < 1.29 is 32.9 Å². The summed E-state index contributed by atoms with van der Waals surface area (Å²) in [6, 6.07) is -0.757. The molecule has 0 aromatic rings. The lowest BCUT2D eigenvalue weighted by molar-refractivity contribution is -0.870. The highest BCUT2D eigenvalue weighted by Gasteiger charge is 2.28. The van der Waals surface area contributed by atoms with Crippen LogP contribution in [0.2, 0.25) is 0 Å². The molecular weight excluding hydrogens is 924 g/mol. The number of nitrogens with zero attached hydrogens (tertiary/aromatic N) is 1. The predicted molar refractivity (Wildman–Crippen MR) is 318 cm³/mol. The van der Waals surface area contributed by atoms with Crippen LogP contribution in [-0.4, -0.2) is 73.4 Å². The number of carbonyl (C=O) groups excluding carboxylic acids is 1. The largest absolute Gasteiger partial charge is 0.472 e. The quantitative estimate of drug-likeness (QED) is 0.0243. The number of rotatable bonds is 59. The molecule has 0 fully saturated rings. The Kier molecular flexibility index (Phi) is 54.5. The molecule has 8 nitrogen and oxygen atoms in total. The van der Waals surface area contributed by atoms with E-state index in [1.54, 1.807) is 0 Å². The second kappa shape index (κ2) is 55.5. The lowest BCUT2D eigenvalue weighted by atomic mass is 10.0. The molecule has 3 unspecified atom stereocenters. The minimum absolute atomic E-state index is 0.0768. The first-order chi connectivity index (χ1) is 35.5. The van der Waals surface area contributed by atoms with Gasteiger partial charge in [0.15, 0.2) is 0 Å². The number of amides is 1. The van der Waals surface area contributed by atoms with E-state index < -0.39 is 20.0 Å². The van der Waals surface area contributed by atoms with E-state index in [0.717, 1.165) is 51.4 Å². The average molecular weight is 1050 g/mol. The smallest absolute Gasteiger partial charge is 0.391 e. The lowest BCUT2D eigenvalue weighted by Gasteiger charge is -2.26. The Hall–Kier alpha value is -1.28. The fourth-order valence-electron chi connectivity index (χ4n) is 9.65. The van der Waals surface area contributed by atoms with Crippen LogP contribution in [0.4, 0.5) is 0 Å². The van der Waals surface area contributed by atoms with E-state index in [4.69, 9.17) is 9.05 Å². The molecule has 0 spiro atoms. The van der Waals surface area contributed by atoms with Crippen LogP contribution in [0.3, 0.4) is 0 Å². The van der Waals surface area contributed by atoms with Gasteiger partial charge in [0.05, 0.1) is 39.9 Å². The standard InChI is InChI=1S/C64H125N2O6P/c1-6-8-10-12-14-16-18-20-21-22-23-24-25-26-27-28-29-30-31-32-33-34-35-36-37-38-39-40-41-42-43-44-45-46-48-50-52-54-56-58-64(68)65-62(61-72-73(69,70)71-60-59-66(3,4)5)63(67)57-55-53-51-49-47-19-17-15-13-11-9-7-2/h18,20,22-23,25-26,62-63,67H,6-17,19,21,24,27-61H2,1-5H3,(H-,65,68,69,70)/p+1/b20-18-,23-22-,26-25-. The molecule has 1 amide bonds. The number of hydrogen-bond acceptors (Lipinski definition) is 5. The molecule has 0 aliphatic carbocycles. The van der Waals surface area contributed by atoms with Gasteiger partial charge in [0.1, 0.15) is 13.2 Å². The Morgan fingerprint density at radius 2 is 0.781 bits per heavy atom. The molecular formula is C64H126N2O6P+. The molecule has 3 N–H and O–H groups in total. The summed E-state index contributed by atoms with van der Waals surface area (Å²) in [4.78, 5) is 23.3. The zero-order valence-electron chi connectivity index (χ0n) is 49.4. The lowest BCUT2D eigenvalue weighted by Crippen LogP contribution is -2.46. The van der Waals surface area contributed by atoms with Crippen LogP contribution in [-0.2, 0) is 18.4 Å². The number of phosphoric ester groups is 1. The third-order valence-electron chi connectivity index (χ3n) is 14.6. The maximum Gasteiger partial charge on any atom is 0.472 e. The van der Waals surface area contributed by atoms with Gasteiger partial charge in [0.2, 0.25) is 5.91 Å². The summed E-state index contributed by atoms with van der Waals surface area (Å²) in [6.45, 7) is 4.90. The van der Waals surface area contributed by atoms with Crippen molar-refractivity contribution in [1.82, 2.24) is 5.32 Å². The van der Waals surface area contributed by atoms with E-state index in [1.807, 2.05) is 21.1 Å². The van der Waals surface area contributed by atoms with Crippen LogP contribution in [0.25, 0.3) is 0 Å². The molecule has 0 radical (unpaired) electrons. The Labute approximate surface area is 455 Å². The van der Waals surface area contributed by atoms with Gasteiger partial charge < -0.3 is 19.8 Å². The number of hydrogen-bond donors (Lipinski definition) is 3. The number of nitrogens with one attached hydrogen (secondary N) is 1. The van der Waals surface area contributed by atoms with Gasteiger partial charge in [-0.3, -0.25) is 13.8 Å². The second-order valence-electron chi connectivity index (χ2n) is 23.1. The monoisotopic (exact) mass is 1050 g/mol. The predicted octanol–water partition coefficient (Wildman–Crippen LogP) is 19.7. The van der Waals surface area contributed by atoms with Gasteiger partial charge >= 0.3 is 7.82 Å². The van der Waals surface area contributed by atoms with Gasteiger partial charge in [-0.1, -0.05) is 294 Å². The summed E-state index contributed by atoms with van der Waals surface area (Å²) in [5, 5.41) is 14.0.